The van der Waals surface area contributed by atoms with Crippen LogP contribution >= 0.6 is 0 Å². The largest absolute Gasteiger partial charge is 0.444 e. The van der Waals surface area contributed by atoms with E-state index in [1.54, 1.807) is 9.80 Å². The standard InChI is InChI=1S/C15H29N3O3/c1-11(2)18(13(19)9-16)10-12-7-6-8-17(12)14(20)21-15(3,4)5/h11-12H,6-10,16H2,1-5H3/t12-/m0/s1. The third-order valence-electron chi connectivity index (χ3n) is 3.53. The van der Waals surface area contributed by atoms with E-state index in [9.17, 15) is 9.59 Å². The van der Waals surface area contributed by atoms with Crippen LogP contribution < -0.4 is 5.73 Å². The summed E-state index contributed by atoms with van der Waals surface area (Å²) in [6.45, 7) is 10.7. The number of carbonyl (C=O) groups is 2. The van der Waals surface area contributed by atoms with Gasteiger partial charge in [-0.15, -0.1) is 0 Å². The topological polar surface area (TPSA) is 75.9 Å². The summed E-state index contributed by atoms with van der Waals surface area (Å²) in [7, 11) is 0. The van der Waals surface area contributed by atoms with Crippen LogP contribution in [0, 0.1) is 0 Å². The second-order valence-electron chi connectivity index (χ2n) is 6.81. The molecule has 0 spiro atoms. The van der Waals surface area contributed by atoms with Crippen molar-refractivity contribution in [1.29, 1.82) is 0 Å². The summed E-state index contributed by atoms with van der Waals surface area (Å²) in [5.41, 5.74) is 4.96. The van der Waals surface area contributed by atoms with Gasteiger partial charge in [-0.2, -0.15) is 0 Å². The SMILES string of the molecule is CC(C)N(C[C@@H]1CCCN1C(=O)OC(C)(C)C)C(=O)CN. The first-order valence-corrected chi connectivity index (χ1v) is 7.65. The van der Waals surface area contributed by atoms with Crippen LogP contribution in [0.3, 0.4) is 0 Å². The van der Waals surface area contributed by atoms with Gasteiger partial charge in [-0.25, -0.2) is 4.79 Å². The fourth-order valence-electron chi connectivity index (χ4n) is 2.53. The first-order chi connectivity index (χ1) is 9.65. The Hall–Kier alpha value is -1.30. The predicted octanol–water partition coefficient (Wildman–Crippen LogP) is 1.58. The highest BCUT2D eigenvalue weighted by molar-refractivity contribution is 5.78. The van der Waals surface area contributed by atoms with Gasteiger partial charge in [0.15, 0.2) is 0 Å². The molecule has 0 aromatic carbocycles. The molecule has 1 heterocycles. The van der Waals surface area contributed by atoms with Crippen LogP contribution in [-0.4, -0.2) is 59.1 Å². The number of rotatable bonds is 4. The van der Waals surface area contributed by atoms with E-state index in [0.717, 1.165) is 12.8 Å². The molecular formula is C15H29N3O3. The molecule has 0 aromatic heterocycles. The lowest BCUT2D eigenvalue weighted by Crippen LogP contribution is -2.50. The van der Waals surface area contributed by atoms with Gasteiger partial charge in [-0.05, 0) is 47.5 Å². The quantitative estimate of drug-likeness (QED) is 0.855. The zero-order valence-corrected chi connectivity index (χ0v) is 13.9. The molecule has 1 rings (SSSR count). The van der Waals surface area contributed by atoms with Crippen molar-refractivity contribution in [2.75, 3.05) is 19.6 Å². The Labute approximate surface area is 127 Å². The predicted molar refractivity (Wildman–Crippen MR) is 81.9 cm³/mol. The second kappa shape index (κ2) is 7.11. The van der Waals surface area contributed by atoms with Gasteiger partial charge in [0.05, 0.1) is 12.6 Å². The fourth-order valence-corrected chi connectivity index (χ4v) is 2.53. The highest BCUT2D eigenvalue weighted by Gasteiger charge is 2.34. The van der Waals surface area contributed by atoms with Crippen molar-refractivity contribution in [2.24, 2.45) is 5.73 Å². The van der Waals surface area contributed by atoms with E-state index in [1.165, 1.54) is 0 Å². The van der Waals surface area contributed by atoms with Gasteiger partial charge < -0.3 is 20.3 Å². The average molecular weight is 299 g/mol. The minimum atomic E-state index is -0.505. The normalized spacial score (nSPS) is 19.0. The van der Waals surface area contributed by atoms with Crippen molar-refractivity contribution in [3.63, 3.8) is 0 Å². The van der Waals surface area contributed by atoms with Gasteiger partial charge in [-0.1, -0.05) is 0 Å². The molecule has 1 fully saturated rings. The van der Waals surface area contributed by atoms with Gasteiger partial charge in [-0.3, -0.25) is 4.79 Å². The zero-order valence-electron chi connectivity index (χ0n) is 13.9. The van der Waals surface area contributed by atoms with E-state index in [1.807, 2.05) is 34.6 Å². The first-order valence-electron chi connectivity index (χ1n) is 7.65. The van der Waals surface area contributed by atoms with Crippen LogP contribution in [0.15, 0.2) is 0 Å². The van der Waals surface area contributed by atoms with E-state index < -0.39 is 5.60 Å². The molecule has 0 aliphatic carbocycles. The molecule has 1 atom stereocenters. The Morgan fingerprint density at radius 3 is 2.48 bits per heavy atom. The van der Waals surface area contributed by atoms with Crippen molar-refractivity contribution in [2.45, 2.75) is 65.1 Å². The fraction of sp³-hybridized carbons (Fsp3) is 0.867. The van der Waals surface area contributed by atoms with Crippen molar-refractivity contribution in [1.82, 2.24) is 9.80 Å². The van der Waals surface area contributed by atoms with E-state index >= 15 is 0 Å². The Bertz CT molecular complexity index is 377. The number of ether oxygens (including phenoxy) is 1. The molecule has 1 aliphatic rings. The van der Waals surface area contributed by atoms with Gasteiger partial charge >= 0.3 is 6.09 Å². The number of nitrogens with two attached hydrogens (primary N) is 1. The zero-order chi connectivity index (χ0) is 16.2. The van der Waals surface area contributed by atoms with Crippen LogP contribution in [-0.2, 0) is 9.53 Å². The van der Waals surface area contributed by atoms with Crippen LogP contribution in [0.1, 0.15) is 47.5 Å². The molecule has 0 bridgehead atoms. The Morgan fingerprint density at radius 1 is 1.38 bits per heavy atom. The average Bonchev–Trinajstić information content (AvgIpc) is 2.80. The van der Waals surface area contributed by atoms with Crippen molar-refractivity contribution in [3.05, 3.63) is 0 Å². The number of amides is 2. The molecule has 0 radical (unpaired) electrons. The number of nitrogens with zero attached hydrogens (tertiary/aromatic N) is 2. The van der Waals surface area contributed by atoms with Crippen molar-refractivity contribution >= 4 is 12.0 Å². The summed E-state index contributed by atoms with van der Waals surface area (Å²) in [5, 5.41) is 0. The Kier molecular flexibility index (Phi) is 6.01. The third-order valence-corrected chi connectivity index (χ3v) is 3.53. The van der Waals surface area contributed by atoms with Crippen LogP contribution in [0.5, 0.6) is 0 Å². The molecule has 0 unspecified atom stereocenters. The minimum Gasteiger partial charge on any atom is -0.444 e. The van der Waals surface area contributed by atoms with Gasteiger partial charge in [0.25, 0.3) is 0 Å². The molecule has 21 heavy (non-hydrogen) atoms. The van der Waals surface area contributed by atoms with Crippen LogP contribution in [0.2, 0.25) is 0 Å². The van der Waals surface area contributed by atoms with E-state index in [-0.39, 0.29) is 30.6 Å². The Morgan fingerprint density at radius 2 is 2.00 bits per heavy atom. The van der Waals surface area contributed by atoms with Gasteiger partial charge in [0.2, 0.25) is 5.91 Å². The van der Waals surface area contributed by atoms with E-state index in [4.69, 9.17) is 10.5 Å². The lowest BCUT2D eigenvalue weighted by Gasteiger charge is -2.34. The number of likely N-dealkylation sites (tertiary alicyclic amines) is 1. The third kappa shape index (κ3) is 5.19. The molecule has 0 aromatic rings. The Balaban J connectivity index is 2.72. The second-order valence-corrected chi connectivity index (χ2v) is 6.81. The molecule has 122 valence electrons. The first kappa shape index (κ1) is 17.8. The van der Waals surface area contributed by atoms with Gasteiger partial charge in [0, 0.05) is 19.1 Å². The summed E-state index contributed by atoms with van der Waals surface area (Å²) in [5.74, 6) is -0.0824. The molecule has 2 amide bonds. The van der Waals surface area contributed by atoms with E-state index in [2.05, 4.69) is 0 Å². The lowest BCUT2D eigenvalue weighted by atomic mass is 10.1. The van der Waals surface area contributed by atoms with Gasteiger partial charge in [0.1, 0.15) is 5.60 Å². The van der Waals surface area contributed by atoms with E-state index in [0.29, 0.717) is 13.1 Å². The summed E-state index contributed by atoms with van der Waals surface area (Å²) < 4.78 is 5.44. The summed E-state index contributed by atoms with van der Waals surface area (Å²) in [6, 6.07) is 0.0832. The maximum atomic E-state index is 12.2. The molecule has 6 nitrogen and oxygen atoms in total. The number of hydrogen-bond donors (Lipinski definition) is 1. The number of hydrogen-bond acceptors (Lipinski definition) is 4. The summed E-state index contributed by atoms with van der Waals surface area (Å²) in [4.78, 5) is 27.6. The molecule has 2 N–H and O–H groups in total. The highest BCUT2D eigenvalue weighted by Crippen LogP contribution is 2.22. The van der Waals surface area contributed by atoms with Crippen LogP contribution in [0.4, 0.5) is 4.79 Å². The molecule has 6 heteroatoms. The van der Waals surface area contributed by atoms with Crippen molar-refractivity contribution in [3.8, 4) is 0 Å². The minimum absolute atomic E-state index is 0.00264. The molecule has 1 saturated heterocycles. The van der Waals surface area contributed by atoms with Crippen molar-refractivity contribution < 1.29 is 14.3 Å². The number of carbonyl (C=O) groups excluding carboxylic acids is 2. The molecule has 1 aliphatic heterocycles. The monoisotopic (exact) mass is 299 g/mol. The maximum Gasteiger partial charge on any atom is 0.410 e. The van der Waals surface area contributed by atoms with Crippen LogP contribution in [0.25, 0.3) is 0 Å². The molecular weight excluding hydrogens is 270 g/mol. The lowest BCUT2D eigenvalue weighted by molar-refractivity contribution is -0.132. The highest BCUT2D eigenvalue weighted by atomic mass is 16.6. The maximum absolute atomic E-state index is 12.2. The summed E-state index contributed by atoms with van der Waals surface area (Å²) >= 11 is 0. The smallest absolute Gasteiger partial charge is 0.410 e. The molecule has 0 saturated carbocycles. The summed E-state index contributed by atoms with van der Waals surface area (Å²) in [6.07, 6.45) is 1.53.